The van der Waals surface area contributed by atoms with Crippen molar-refractivity contribution >= 4 is 5.82 Å². The molecule has 1 aliphatic rings. The Bertz CT molecular complexity index is 672. The van der Waals surface area contributed by atoms with E-state index in [9.17, 15) is 0 Å². The molecule has 3 rings (SSSR count). The molecule has 0 bridgehead atoms. The van der Waals surface area contributed by atoms with Gasteiger partial charge in [-0.25, -0.2) is 4.98 Å². The van der Waals surface area contributed by atoms with E-state index in [1.54, 1.807) is 0 Å². The molecule has 0 saturated carbocycles. The van der Waals surface area contributed by atoms with Crippen LogP contribution in [0.1, 0.15) is 45.6 Å². The molecule has 0 spiro atoms. The van der Waals surface area contributed by atoms with Gasteiger partial charge in [0.1, 0.15) is 17.3 Å². The molecule has 114 valence electrons. The number of aryl methyl sites for hydroxylation is 2. The number of anilines is 1. The molecule has 1 aliphatic heterocycles. The zero-order chi connectivity index (χ0) is 15.4. The zero-order valence-corrected chi connectivity index (χ0v) is 13.6. The molecule has 5 heteroatoms. The molecule has 0 aliphatic carbocycles. The van der Waals surface area contributed by atoms with Gasteiger partial charge in [0.25, 0.3) is 0 Å². The molecule has 2 aromatic rings. The first-order valence-electron chi connectivity index (χ1n) is 7.66. The van der Waals surface area contributed by atoms with Gasteiger partial charge in [-0.3, -0.25) is 4.68 Å². The van der Waals surface area contributed by atoms with Crippen molar-refractivity contribution in [3.8, 4) is 11.3 Å². The summed E-state index contributed by atoms with van der Waals surface area (Å²) in [4.78, 5) is 4.83. The van der Waals surface area contributed by atoms with Gasteiger partial charge in [-0.1, -0.05) is 27.7 Å². The van der Waals surface area contributed by atoms with Crippen molar-refractivity contribution in [2.75, 3.05) is 5.73 Å². The normalized spacial score (nSPS) is 18.8. The van der Waals surface area contributed by atoms with Gasteiger partial charge in [0.2, 0.25) is 0 Å². The van der Waals surface area contributed by atoms with Crippen molar-refractivity contribution in [1.29, 1.82) is 0 Å². The van der Waals surface area contributed by atoms with E-state index in [0.717, 1.165) is 41.6 Å². The van der Waals surface area contributed by atoms with E-state index in [1.165, 1.54) is 6.42 Å². The maximum absolute atomic E-state index is 6.40. The third-order valence-electron chi connectivity index (χ3n) is 4.24. The lowest BCUT2D eigenvalue weighted by atomic mass is 9.89. The van der Waals surface area contributed by atoms with Crippen LogP contribution in [-0.2, 0) is 25.4 Å². The van der Waals surface area contributed by atoms with E-state index in [2.05, 4.69) is 37.4 Å². The van der Waals surface area contributed by atoms with Crippen molar-refractivity contribution in [3.63, 3.8) is 0 Å². The predicted molar refractivity (Wildman–Crippen MR) is 85.0 cm³/mol. The van der Waals surface area contributed by atoms with E-state index >= 15 is 0 Å². The van der Waals surface area contributed by atoms with Crippen LogP contribution in [0.2, 0.25) is 0 Å². The average Bonchev–Trinajstić information content (AvgIpc) is 2.91. The molecular weight excluding hydrogens is 262 g/mol. The van der Waals surface area contributed by atoms with Crippen LogP contribution in [0.25, 0.3) is 11.3 Å². The Labute approximate surface area is 126 Å². The third kappa shape index (κ3) is 2.34. The molecule has 1 atom stereocenters. The highest BCUT2D eigenvalue weighted by Crippen LogP contribution is 2.36. The summed E-state index contributed by atoms with van der Waals surface area (Å²) in [6, 6.07) is 0. The molecule has 2 aromatic heterocycles. The smallest absolute Gasteiger partial charge is 0.131 e. The number of nitrogens with two attached hydrogens (primary N) is 1. The molecule has 5 nitrogen and oxygen atoms in total. The van der Waals surface area contributed by atoms with Crippen molar-refractivity contribution < 1.29 is 0 Å². The maximum atomic E-state index is 6.40. The number of imidazole rings is 1. The highest BCUT2D eigenvalue weighted by molar-refractivity contribution is 5.73. The first-order valence-corrected chi connectivity index (χ1v) is 7.66. The van der Waals surface area contributed by atoms with Crippen molar-refractivity contribution in [3.05, 3.63) is 17.7 Å². The summed E-state index contributed by atoms with van der Waals surface area (Å²) in [6.45, 7) is 9.76. The highest BCUT2D eigenvalue weighted by atomic mass is 15.3. The Morgan fingerprint density at radius 1 is 1.33 bits per heavy atom. The van der Waals surface area contributed by atoms with Gasteiger partial charge in [-0.2, -0.15) is 5.10 Å². The number of aromatic nitrogens is 4. The van der Waals surface area contributed by atoms with Crippen LogP contribution in [-0.4, -0.2) is 19.3 Å². The topological polar surface area (TPSA) is 61.7 Å². The van der Waals surface area contributed by atoms with Gasteiger partial charge in [0.15, 0.2) is 0 Å². The number of nitrogens with zero attached hydrogens (tertiary/aromatic N) is 4. The minimum absolute atomic E-state index is 0.0273. The summed E-state index contributed by atoms with van der Waals surface area (Å²) in [5.74, 6) is 2.57. The highest BCUT2D eigenvalue weighted by Gasteiger charge is 2.28. The number of rotatable bonds is 1. The van der Waals surface area contributed by atoms with Crippen LogP contribution in [0.5, 0.6) is 0 Å². The van der Waals surface area contributed by atoms with Gasteiger partial charge in [-0.15, -0.1) is 0 Å². The monoisotopic (exact) mass is 287 g/mol. The second-order valence-corrected chi connectivity index (χ2v) is 7.33. The van der Waals surface area contributed by atoms with Gasteiger partial charge in [-0.05, 0) is 12.3 Å². The second-order valence-electron chi connectivity index (χ2n) is 7.33. The van der Waals surface area contributed by atoms with Crippen molar-refractivity contribution in [1.82, 2.24) is 19.3 Å². The van der Waals surface area contributed by atoms with Crippen LogP contribution >= 0.6 is 0 Å². The van der Waals surface area contributed by atoms with Crippen LogP contribution in [0, 0.1) is 5.92 Å². The quantitative estimate of drug-likeness (QED) is 0.877. The minimum atomic E-state index is -0.0273. The lowest BCUT2D eigenvalue weighted by Gasteiger charge is -2.20. The average molecular weight is 287 g/mol. The van der Waals surface area contributed by atoms with Gasteiger partial charge >= 0.3 is 0 Å². The zero-order valence-electron chi connectivity index (χ0n) is 13.6. The number of hydrogen-bond acceptors (Lipinski definition) is 3. The largest absolute Gasteiger partial charge is 0.383 e. The molecule has 0 saturated heterocycles. The minimum Gasteiger partial charge on any atom is -0.383 e. The molecule has 2 N–H and O–H groups in total. The van der Waals surface area contributed by atoms with Gasteiger partial charge < -0.3 is 10.3 Å². The summed E-state index contributed by atoms with van der Waals surface area (Å²) in [5.41, 5.74) is 9.40. The van der Waals surface area contributed by atoms with E-state index in [1.807, 2.05) is 17.9 Å². The van der Waals surface area contributed by atoms with E-state index in [4.69, 9.17) is 10.7 Å². The van der Waals surface area contributed by atoms with Crippen LogP contribution in [0.4, 0.5) is 5.82 Å². The van der Waals surface area contributed by atoms with E-state index < -0.39 is 0 Å². The Morgan fingerprint density at radius 2 is 2.05 bits per heavy atom. The van der Waals surface area contributed by atoms with Crippen LogP contribution < -0.4 is 5.73 Å². The number of hydrogen-bond donors (Lipinski definition) is 1. The van der Waals surface area contributed by atoms with Gasteiger partial charge in [0, 0.05) is 37.2 Å². The molecule has 0 amide bonds. The lowest BCUT2D eigenvalue weighted by molar-refractivity contribution is 0.397. The van der Waals surface area contributed by atoms with E-state index in [0.29, 0.717) is 5.92 Å². The van der Waals surface area contributed by atoms with E-state index in [-0.39, 0.29) is 5.41 Å². The molecule has 1 unspecified atom stereocenters. The Hall–Kier alpha value is -1.78. The Kier molecular flexibility index (Phi) is 3.11. The predicted octanol–water partition coefficient (Wildman–Crippen LogP) is 2.75. The fourth-order valence-electron chi connectivity index (χ4n) is 3.10. The first kappa shape index (κ1) is 14.2. The summed E-state index contributed by atoms with van der Waals surface area (Å²) in [7, 11) is 1.95. The Balaban J connectivity index is 2.14. The number of fused-ring (bicyclic) bond motifs is 1. The molecule has 21 heavy (non-hydrogen) atoms. The summed E-state index contributed by atoms with van der Waals surface area (Å²) in [5, 5.41) is 4.63. The van der Waals surface area contributed by atoms with Crippen molar-refractivity contribution in [2.24, 2.45) is 13.0 Å². The molecule has 3 heterocycles. The number of nitrogen functional groups attached to an aromatic ring is 1. The molecule has 0 aromatic carbocycles. The van der Waals surface area contributed by atoms with Crippen molar-refractivity contribution in [2.45, 2.75) is 52.5 Å². The summed E-state index contributed by atoms with van der Waals surface area (Å²) < 4.78 is 4.04. The maximum Gasteiger partial charge on any atom is 0.131 e. The molecule has 0 fully saturated rings. The standard InChI is InChI=1S/C16H25N5/c1-10-6-7-12-18-13(15(17)21(12)8-10)11-9-20(5)19-14(11)16(2,3)4/h9-10H,6-8,17H2,1-5H3. The fourth-order valence-corrected chi connectivity index (χ4v) is 3.10. The fraction of sp³-hybridized carbons (Fsp3) is 0.625. The molecule has 0 radical (unpaired) electrons. The van der Waals surface area contributed by atoms with Crippen LogP contribution in [0.3, 0.4) is 0 Å². The van der Waals surface area contributed by atoms with Gasteiger partial charge in [0.05, 0.1) is 5.69 Å². The SMILES string of the molecule is CC1CCc2nc(-c3cn(C)nc3C(C)(C)C)c(N)n2C1. The lowest BCUT2D eigenvalue weighted by Crippen LogP contribution is -2.19. The van der Waals surface area contributed by atoms with Crippen LogP contribution in [0.15, 0.2) is 6.20 Å². The summed E-state index contributed by atoms with van der Waals surface area (Å²) in [6.07, 6.45) is 4.24. The first-order chi connectivity index (χ1) is 9.77. The third-order valence-corrected chi connectivity index (χ3v) is 4.24. The Morgan fingerprint density at radius 3 is 2.71 bits per heavy atom. The second kappa shape index (κ2) is 4.61. The molecular formula is C16H25N5. The summed E-state index contributed by atoms with van der Waals surface area (Å²) >= 11 is 0.